The van der Waals surface area contributed by atoms with Crippen molar-refractivity contribution in [3.8, 4) is 5.75 Å². The van der Waals surface area contributed by atoms with Gasteiger partial charge in [0.05, 0.1) is 12.6 Å². The largest absolute Gasteiger partial charge is 0.497 e. The molecular weight excluding hydrogens is 368 g/mol. The van der Waals surface area contributed by atoms with Gasteiger partial charge >= 0.3 is 0 Å². The number of aryl methyl sites for hydroxylation is 1. The van der Waals surface area contributed by atoms with Crippen LogP contribution in [0.2, 0.25) is 0 Å². The predicted molar refractivity (Wildman–Crippen MR) is 113 cm³/mol. The van der Waals surface area contributed by atoms with Gasteiger partial charge in [0.2, 0.25) is 5.43 Å². The van der Waals surface area contributed by atoms with E-state index in [1.807, 2.05) is 49.4 Å². The van der Waals surface area contributed by atoms with Gasteiger partial charge in [-0.3, -0.25) is 14.3 Å². The first kappa shape index (κ1) is 19.0. The van der Waals surface area contributed by atoms with Crippen LogP contribution in [0.4, 0.5) is 5.69 Å². The minimum Gasteiger partial charge on any atom is -0.497 e. The van der Waals surface area contributed by atoms with Gasteiger partial charge in [0.25, 0.3) is 5.91 Å². The summed E-state index contributed by atoms with van der Waals surface area (Å²) in [4.78, 5) is 29.9. The molecule has 3 aromatic rings. The zero-order valence-corrected chi connectivity index (χ0v) is 16.7. The van der Waals surface area contributed by atoms with E-state index in [0.717, 1.165) is 17.0 Å². The van der Waals surface area contributed by atoms with Crippen molar-refractivity contribution in [2.75, 3.05) is 38.2 Å². The summed E-state index contributed by atoms with van der Waals surface area (Å²) >= 11 is 0. The highest BCUT2D eigenvalue weighted by Crippen LogP contribution is 2.21. The van der Waals surface area contributed by atoms with Crippen LogP contribution in [0, 0.1) is 0 Å². The third-order valence-corrected chi connectivity index (χ3v) is 5.37. The summed E-state index contributed by atoms with van der Waals surface area (Å²) in [7, 11) is 1.65. The van der Waals surface area contributed by atoms with Crippen molar-refractivity contribution in [1.29, 1.82) is 0 Å². The molecule has 2 heterocycles. The van der Waals surface area contributed by atoms with Crippen LogP contribution >= 0.6 is 0 Å². The number of carbonyl (C=O) groups is 1. The molecule has 0 saturated carbocycles. The number of amides is 1. The molecule has 4 rings (SSSR count). The van der Waals surface area contributed by atoms with Crippen molar-refractivity contribution in [2.45, 2.75) is 13.5 Å². The molecule has 0 N–H and O–H groups in total. The summed E-state index contributed by atoms with van der Waals surface area (Å²) in [5.41, 5.74) is 1.55. The van der Waals surface area contributed by atoms with Gasteiger partial charge in [-0.15, -0.1) is 0 Å². The molecule has 0 radical (unpaired) electrons. The number of nitrogens with zero attached hydrogens (tertiary/aromatic N) is 4. The summed E-state index contributed by atoms with van der Waals surface area (Å²) in [6.45, 7) is 5.04. The van der Waals surface area contributed by atoms with Gasteiger partial charge < -0.3 is 14.5 Å². The maximum atomic E-state index is 13.1. The summed E-state index contributed by atoms with van der Waals surface area (Å²) < 4.78 is 6.92. The Morgan fingerprint density at radius 3 is 2.38 bits per heavy atom. The van der Waals surface area contributed by atoms with Gasteiger partial charge in [-0.25, -0.2) is 0 Å². The normalized spacial score (nSPS) is 14.3. The molecule has 0 bridgehead atoms. The van der Waals surface area contributed by atoms with Crippen molar-refractivity contribution >= 4 is 22.5 Å². The number of hydrogen-bond acceptors (Lipinski definition) is 5. The molecule has 29 heavy (non-hydrogen) atoms. The maximum absolute atomic E-state index is 13.1. The number of carbonyl (C=O) groups excluding carboxylic acids is 1. The fourth-order valence-electron chi connectivity index (χ4n) is 3.73. The Labute approximate surface area is 169 Å². The maximum Gasteiger partial charge on any atom is 0.278 e. The van der Waals surface area contributed by atoms with Crippen LogP contribution in [0.1, 0.15) is 17.4 Å². The van der Waals surface area contributed by atoms with Crippen molar-refractivity contribution in [1.82, 2.24) is 14.7 Å². The predicted octanol–water partition coefficient (Wildman–Crippen LogP) is 2.39. The molecular formula is C22H24N4O3. The van der Waals surface area contributed by atoms with E-state index in [1.54, 1.807) is 22.8 Å². The number of ether oxygens (including phenoxy) is 1. The molecule has 0 aliphatic carbocycles. The highest BCUT2D eigenvalue weighted by atomic mass is 16.5. The lowest BCUT2D eigenvalue weighted by atomic mass is 10.1. The van der Waals surface area contributed by atoms with Crippen LogP contribution in [-0.2, 0) is 6.54 Å². The number of methoxy groups -OCH3 is 1. The minimum atomic E-state index is -0.298. The topological polar surface area (TPSA) is 67.7 Å². The highest BCUT2D eigenvalue weighted by molar-refractivity contribution is 5.95. The van der Waals surface area contributed by atoms with Crippen LogP contribution in [0.25, 0.3) is 10.9 Å². The van der Waals surface area contributed by atoms with Crippen LogP contribution in [-0.4, -0.2) is 53.9 Å². The van der Waals surface area contributed by atoms with E-state index in [9.17, 15) is 9.59 Å². The number of hydrogen-bond donors (Lipinski definition) is 0. The number of fused-ring (bicyclic) bond motifs is 1. The van der Waals surface area contributed by atoms with Gasteiger partial charge in [0.1, 0.15) is 5.75 Å². The third kappa shape index (κ3) is 3.55. The van der Waals surface area contributed by atoms with Gasteiger partial charge in [0, 0.05) is 43.8 Å². The molecule has 1 aliphatic heterocycles. The second-order valence-corrected chi connectivity index (χ2v) is 6.99. The third-order valence-electron chi connectivity index (χ3n) is 5.37. The number of aromatic nitrogens is 2. The molecule has 7 nitrogen and oxygen atoms in total. The fraction of sp³-hybridized carbons (Fsp3) is 0.318. The van der Waals surface area contributed by atoms with Crippen molar-refractivity contribution in [3.63, 3.8) is 0 Å². The molecule has 2 aromatic carbocycles. The summed E-state index contributed by atoms with van der Waals surface area (Å²) in [6.07, 6.45) is 0. The zero-order chi connectivity index (χ0) is 20.4. The van der Waals surface area contributed by atoms with E-state index in [4.69, 9.17) is 4.74 Å². The first-order chi connectivity index (χ1) is 14.1. The highest BCUT2D eigenvalue weighted by Gasteiger charge is 2.26. The van der Waals surface area contributed by atoms with Crippen molar-refractivity contribution in [2.24, 2.45) is 0 Å². The van der Waals surface area contributed by atoms with Crippen LogP contribution in [0.15, 0.2) is 53.3 Å². The number of rotatable bonds is 4. The van der Waals surface area contributed by atoms with E-state index in [-0.39, 0.29) is 17.0 Å². The average Bonchev–Trinajstić information content (AvgIpc) is 2.79. The summed E-state index contributed by atoms with van der Waals surface area (Å²) in [5, 5.41) is 4.91. The smallest absolute Gasteiger partial charge is 0.278 e. The van der Waals surface area contributed by atoms with E-state index < -0.39 is 0 Å². The number of benzene rings is 2. The Balaban J connectivity index is 1.54. The Hall–Kier alpha value is -3.35. The second-order valence-electron chi connectivity index (χ2n) is 6.99. The molecule has 1 aromatic heterocycles. The van der Waals surface area contributed by atoms with Crippen LogP contribution < -0.4 is 15.1 Å². The Kier molecular flexibility index (Phi) is 5.20. The Morgan fingerprint density at radius 1 is 1.03 bits per heavy atom. The second kappa shape index (κ2) is 7.95. The average molecular weight is 392 g/mol. The van der Waals surface area contributed by atoms with Crippen molar-refractivity contribution in [3.05, 3.63) is 64.4 Å². The molecule has 1 saturated heterocycles. The molecule has 1 aliphatic rings. The van der Waals surface area contributed by atoms with Crippen LogP contribution in [0.3, 0.4) is 0 Å². The molecule has 1 fully saturated rings. The minimum absolute atomic E-state index is 0.00319. The number of anilines is 1. The summed E-state index contributed by atoms with van der Waals surface area (Å²) in [6, 6.07) is 15.2. The lowest BCUT2D eigenvalue weighted by molar-refractivity contribution is 0.0737. The first-order valence-electron chi connectivity index (χ1n) is 9.80. The lowest BCUT2D eigenvalue weighted by Crippen LogP contribution is -2.50. The fourth-order valence-corrected chi connectivity index (χ4v) is 3.73. The quantitative estimate of drug-likeness (QED) is 0.682. The van der Waals surface area contributed by atoms with Gasteiger partial charge in [0.15, 0.2) is 5.69 Å². The van der Waals surface area contributed by atoms with Gasteiger partial charge in [-0.1, -0.05) is 12.1 Å². The van der Waals surface area contributed by atoms with Gasteiger partial charge in [-0.2, -0.15) is 5.10 Å². The molecule has 7 heteroatoms. The zero-order valence-electron chi connectivity index (χ0n) is 16.7. The SMILES string of the molecule is CCn1nc(C(=O)N2CCN(c3ccc(OC)cc3)CC2)c(=O)c2ccccc21. The molecule has 1 amide bonds. The van der Waals surface area contributed by atoms with Gasteiger partial charge in [-0.05, 0) is 43.3 Å². The lowest BCUT2D eigenvalue weighted by Gasteiger charge is -2.36. The number of piperazine rings is 1. The van der Waals surface area contributed by atoms with Crippen molar-refractivity contribution < 1.29 is 9.53 Å². The first-order valence-corrected chi connectivity index (χ1v) is 9.80. The van der Waals surface area contributed by atoms with E-state index in [1.165, 1.54) is 0 Å². The molecule has 0 atom stereocenters. The van der Waals surface area contributed by atoms with E-state index in [2.05, 4.69) is 10.00 Å². The molecule has 150 valence electrons. The molecule has 0 spiro atoms. The van der Waals surface area contributed by atoms with Crippen LogP contribution in [0.5, 0.6) is 5.75 Å². The Morgan fingerprint density at radius 2 is 1.72 bits per heavy atom. The van der Waals surface area contributed by atoms with E-state index >= 15 is 0 Å². The standard InChI is InChI=1S/C22H24N4O3/c1-3-26-19-7-5-4-6-18(19)21(27)20(23-26)22(28)25-14-12-24(13-15-25)16-8-10-17(29-2)11-9-16/h4-11H,3,12-15H2,1-2H3. The Bertz CT molecular complexity index is 1080. The summed E-state index contributed by atoms with van der Waals surface area (Å²) in [5.74, 6) is 0.523. The van der Waals surface area contributed by atoms with E-state index in [0.29, 0.717) is 38.1 Å². The molecule has 0 unspecified atom stereocenters. The monoisotopic (exact) mass is 392 g/mol. The number of para-hydroxylation sites is 1.